The van der Waals surface area contributed by atoms with Gasteiger partial charge in [-0.1, -0.05) is 36.2 Å². The van der Waals surface area contributed by atoms with E-state index in [1.165, 1.54) is 30.4 Å². The number of carbonyl (C=O) groups excluding carboxylic acids is 1. The summed E-state index contributed by atoms with van der Waals surface area (Å²) in [6, 6.07) is 9.01. The third kappa shape index (κ3) is 5.33. The van der Waals surface area contributed by atoms with Crippen LogP contribution in [-0.2, 0) is 11.2 Å². The summed E-state index contributed by atoms with van der Waals surface area (Å²) >= 11 is 0. The van der Waals surface area contributed by atoms with E-state index < -0.39 is 0 Å². The van der Waals surface area contributed by atoms with E-state index in [1.807, 2.05) is 0 Å². The number of benzene rings is 1. The maximum Gasteiger partial charge on any atom is 0.220 e. The van der Waals surface area contributed by atoms with Crippen molar-refractivity contribution in [3.63, 3.8) is 0 Å². The quantitative estimate of drug-likeness (QED) is 0.837. The van der Waals surface area contributed by atoms with E-state index in [0.29, 0.717) is 12.5 Å². The molecule has 1 amide bonds. The molecule has 0 radical (unpaired) electrons. The molecule has 1 atom stereocenters. The third-order valence-corrected chi connectivity index (χ3v) is 3.99. The van der Waals surface area contributed by atoms with Gasteiger partial charge >= 0.3 is 0 Å². The van der Waals surface area contributed by atoms with Crippen LogP contribution in [0.3, 0.4) is 0 Å². The predicted octanol–water partition coefficient (Wildman–Crippen LogP) is 2.58. The van der Waals surface area contributed by atoms with E-state index in [-0.39, 0.29) is 5.91 Å². The Hall–Kier alpha value is -1.35. The summed E-state index contributed by atoms with van der Waals surface area (Å²) in [6.45, 7) is 4.01. The Morgan fingerprint density at radius 3 is 2.80 bits per heavy atom. The van der Waals surface area contributed by atoms with Crippen LogP contribution in [-0.4, -0.2) is 25.0 Å². The van der Waals surface area contributed by atoms with E-state index in [1.54, 1.807) is 0 Å². The maximum absolute atomic E-state index is 11.8. The van der Waals surface area contributed by atoms with E-state index in [2.05, 4.69) is 41.8 Å². The van der Waals surface area contributed by atoms with Crippen molar-refractivity contribution in [2.75, 3.05) is 13.1 Å². The molecule has 1 aliphatic heterocycles. The summed E-state index contributed by atoms with van der Waals surface area (Å²) < 4.78 is 0. The first-order valence-corrected chi connectivity index (χ1v) is 7.79. The highest BCUT2D eigenvalue weighted by Crippen LogP contribution is 2.09. The summed E-state index contributed by atoms with van der Waals surface area (Å²) in [5.41, 5.74) is 2.50. The Morgan fingerprint density at radius 2 is 2.10 bits per heavy atom. The molecular formula is C17H26N2O. The van der Waals surface area contributed by atoms with Gasteiger partial charge in [0.15, 0.2) is 0 Å². The van der Waals surface area contributed by atoms with Crippen molar-refractivity contribution in [1.29, 1.82) is 0 Å². The third-order valence-electron chi connectivity index (χ3n) is 3.99. The molecule has 2 rings (SSSR count). The van der Waals surface area contributed by atoms with E-state index in [9.17, 15) is 4.79 Å². The molecule has 3 nitrogen and oxygen atoms in total. The Labute approximate surface area is 122 Å². The van der Waals surface area contributed by atoms with Crippen LogP contribution in [0.2, 0.25) is 0 Å². The minimum Gasteiger partial charge on any atom is -0.356 e. The Balaban J connectivity index is 1.59. The maximum atomic E-state index is 11.8. The fourth-order valence-electron chi connectivity index (χ4n) is 2.66. The highest BCUT2D eigenvalue weighted by Gasteiger charge is 2.12. The van der Waals surface area contributed by atoms with Gasteiger partial charge in [-0.3, -0.25) is 4.79 Å². The SMILES string of the molecule is Cc1ccc(CCC(=O)NCCC2CCCCN2)cc1. The standard InChI is InChI=1S/C17H26N2O/c1-14-5-7-15(8-6-14)9-10-17(20)19-13-11-16-4-2-3-12-18-16/h5-8,16,18H,2-4,9-13H2,1H3,(H,19,20). The average Bonchev–Trinajstić information content (AvgIpc) is 2.48. The molecule has 1 aromatic rings. The molecule has 0 aromatic heterocycles. The molecular weight excluding hydrogens is 248 g/mol. The molecule has 1 heterocycles. The summed E-state index contributed by atoms with van der Waals surface area (Å²) in [6.07, 6.45) is 6.32. The molecule has 1 unspecified atom stereocenters. The fourth-order valence-corrected chi connectivity index (χ4v) is 2.66. The lowest BCUT2D eigenvalue weighted by molar-refractivity contribution is -0.121. The van der Waals surface area contributed by atoms with Crippen LogP contribution >= 0.6 is 0 Å². The molecule has 1 aliphatic rings. The highest BCUT2D eigenvalue weighted by molar-refractivity contribution is 5.76. The largest absolute Gasteiger partial charge is 0.356 e. The number of carbonyl (C=O) groups is 1. The second kappa shape index (κ2) is 8.05. The van der Waals surface area contributed by atoms with Crippen molar-refractivity contribution in [2.24, 2.45) is 0 Å². The number of nitrogens with one attached hydrogen (secondary N) is 2. The van der Waals surface area contributed by atoms with Gasteiger partial charge in [0.1, 0.15) is 0 Å². The number of rotatable bonds is 6. The van der Waals surface area contributed by atoms with Crippen LogP contribution in [0.4, 0.5) is 0 Å². The van der Waals surface area contributed by atoms with Crippen LogP contribution in [0.5, 0.6) is 0 Å². The van der Waals surface area contributed by atoms with Gasteiger partial charge in [-0.15, -0.1) is 0 Å². The zero-order chi connectivity index (χ0) is 14.2. The minimum atomic E-state index is 0.168. The van der Waals surface area contributed by atoms with E-state index in [4.69, 9.17) is 0 Å². The van der Waals surface area contributed by atoms with Gasteiger partial charge < -0.3 is 10.6 Å². The van der Waals surface area contributed by atoms with Gasteiger partial charge in [0, 0.05) is 19.0 Å². The first-order valence-electron chi connectivity index (χ1n) is 7.79. The molecule has 3 heteroatoms. The second-order valence-corrected chi connectivity index (χ2v) is 5.77. The fraction of sp³-hybridized carbons (Fsp3) is 0.588. The van der Waals surface area contributed by atoms with Gasteiger partial charge in [0.2, 0.25) is 5.91 Å². The minimum absolute atomic E-state index is 0.168. The lowest BCUT2D eigenvalue weighted by Gasteiger charge is -2.23. The monoisotopic (exact) mass is 274 g/mol. The van der Waals surface area contributed by atoms with Crippen LogP contribution in [0.1, 0.15) is 43.2 Å². The van der Waals surface area contributed by atoms with Crippen molar-refractivity contribution in [3.05, 3.63) is 35.4 Å². The molecule has 0 spiro atoms. The van der Waals surface area contributed by atoms with Gasteiger partial charge in [0.05, 0.1) is 0 Å². The normalized spacial score (nSPS) is 18.8. The molecule has 1 saturated heterocycles. The molecule has 0 saturated carbocycles. The zero-order valence-corrected chi connectivity index (χ0v) is 12.5. The van der Waals surface area contributed by atoms with Crippen LogP contribution < -0.4 is 10.6 Å². The van der Waals surface area contributed by atoms with Crippen molar-refractivity contribution >= 4 is 5.91 Å². The highest BCUT2D eigenvalue weighted by atomic mass is 16.1. The van der Waals surface area contributed by atoms with Crippen molar-refractivity contribution in [3.8, 4) is 0 Å². The van der Waals surface area contributed by atoms with Gasteiger partial charge in [-0.05, 0) is 44.7 Å². The molecule has 0 aliphatic carbocycles. The number of piperidine rings is 1. The molecule has 0 bridgehead atoms. The average molecular weight is 274 g/mol. The predicted molar refractivity (Wildman–Crippen MR) is 82.8 cm³/mol. The van der Waals surface area contributed by atoms with Gasteiger partial charge in [-0.25, -0.2) is 0 Å². The van der Waals surface area contributed by atoms with Crippen LogP contribution in [0.15, 0.2) is 24.3 Å². The zero-order valence-electron chi connectivity index (χ0n) is 12.5. The molecule has 110 valence electrons. The van der Waals surface area contributed by atoms with Crippen LogP contribution in [0, 0.1) is 6.92 Å². The number of aryl methyl sites for hydroxylation is 2. The first-order chi connectivity index (χ1) is 9.74. The van der Waals surface area contributed by atoms with Crippen molar-refractivity contribution in [1.82, 2.24) is 10.6 Å². The molecule has 1 aromatic carbocycles. The first kappa shape index (κ1) is 15.0. The second-order valence-electron chi connectivity index (χ2n) is 5.77. The van der Waals surface area contributed by atoms with Crippen molar-refractivity contribution < 1.29 is 4.79 Å². The van der Waals surface area contributed by atoms with E-state index in [0.717, 1.165) is 25.9 Å². The molecule has 2 N–H and O–H groups in total. The van der Waals surface area contributed by atoms with Gasteiger partial charge in [0.25, 0.3) is 0 Å². The lowest BCUT2D eigenvalue weighted by atomic mass is 10.0. The number of hydrogen-bond donors (Lipinski definition) is 2. The summed E-state index contributed by atoms with van der Waals surface area (Å²) in [4.78, 5) is 11.8. The van der Waals surface area contributed by atoms with Crippen molar-refractivity contribution in [2.45, 2.75) is 51.5 Å². The van der Waals surface area contributed by atoms with E-state index >= 15 is 0 Å². The topological polar surface area (TPSA) is 41.1 Å². The summed E-state index contributed by atoms with van der Waals surface area (Å²) in [5.74, 6) is 0.168. The Morgan fingerprint density at radius 1 is 1.30 bits per heavy atom. The number of hydrogen-bond acceptors (Lipinski definition) is 2. The summed E-state index contributed by atoms with van der Waals surface area (Å²) in [7, 11) is 0. The lowest BCUT2D eigenvalue weighted by Crippen LogP contribution is -2.37. The Bertz CT molecular complexity index is 408. The number of amides is 1. The smallest absolute Gasteiger partial charge is 0.220 e. The Kier molecular flexibility index (Phi) is 6.06. The van der Waals surface area contributed by atoms with Gasteiger partial charge in [-0.2, -0.15) is 0 Å². The molecule has 20 heavy (non-hydrogen) atoms. The van der Waals surface area contributed by atoms with Crippen LogP contribution in [0.25, 0.3) is 0 Å². The molecule has 1 fully saturated rings. The summed E-state index contributed by atoms with van der Waals surface area (Å²) in [5, 5.41) is 6.54.